The van der Waals surface area contributed by atoms with Crippen LogP contribution in [0.3, 0.4) is 0 Å². The number of sulfonamides is 1. The van der Waals surface area contributed by atoms with Crippen LogP contribution in [0.15, 0.2) is 44.4 Å². The fraction of sp³-hybridized carbons (Fsp3) is 0.294. The van der Waals surface area contributed by atoms with Gasteiger partial charge in [0.25, 0.3) is 10.0 Å². The molecule has 1 aliphatic heterocycles. The van der Waals surface area contributed by atoms with Crippen LogP contribution in [0, 0.1) is 0 Å². The lowest BCUT2D eigenvalue weighted by Crippen LogP contribution is -2.28. The summed E-state index contributed by atoms with van der Waals surface area (Å²) in [5, 5.41) is 5.76. The predicted octanol–water partition coefficient (Wildman–Crippen LogP) is 3.43. The van der Waals surface area contributed by atoms with E-state index in [1.54, 1.807) is 11.4 Å². The molecule has 0 amide bonds. The molecule has 1 saturated carbocycles. The summed E-state index contributed by atoms with van der Waals surface area (Å²) in [5.74, 6) is 1.49. The van der Waals surface area contributed by atoms with Gasteiger partial charge in [0.1, 0.15) is 4.21 Å². The summed E-state index contributed by atoms with van der Waals surface area (Å²) in [7, 11) is -3.57. The van der Waals surface area contributed by atoms with Crippen molar-refractivity contribution in [3.63, 3.8) is 0 Å². The molecule has 6 nitrogen and oxygen atoms in total. The number of anilines is 1. The number of benzene rings is 1. The summed E-state index contributed by atoms with van der Waals surface area (Å²) in [6.45, 7) is 0.475. The summed E-state index contributed by atoms with van der Waals surface area (Å²) < 4.78 is 33.1. The van der Waals surface area contributed by atoms with E-state index >= 15 is 0 Å². The highest BCUT2D eigenvalue weighted by molar-refractivity contribution is 7.94. The van der Waals surface area contributed by atoms with Crippen LogP contribution in [0.25, 0.3) is 11.4 Å². The van der Waals surface area contributed by atoms with Gasteiger partial charge in [-0.05, 0) is 37.0 Å². The maximum absolute atomic E-state index is 13.0. The molecule has 25 heavy (non-hydrogen) atoms. The fourth-order valence-corrected chi connectivity index (χ4v) is 5.86. The van der Waals surface area contributed by atoms with Crippen LogP contribution < -0.4 is 4.31 Å². The molecule has 8 heteroatoms. The third-order valence-electron chi connectivity index (χ3n) is 4.59. The topological polar surface area (TPSA) is 76.3 Å². The van der Waals surface area contributed by atoms with E-state index in [9.17, 15) is 8.42 Å². The minimum absolute atomic E-state index is 0.303. The molecule has 0 spiro atoms. The molecule has 0 saturated heterocycles. The van der Waals surface area contributed by atoms with Gasteiger partial charge in [-0.1, -0.05) is 23.4 Å². The Balaban J connectivity index is 1.48. The van der Waals surface area contributed by atoms with Gasteiger partial charge in [-0.3, -0.25) is 4.31 Å². The van der Waals surface area contributed by atoms with E-state index in [2.05, 4.69) is 10.1 Å². The van der Waals surface area contributed by atoms with Crippen molar-refractivity contribution < 1.29 is 12.9 Å². The third-order valence-corrected chi connectivity index (χ3v) is 7.82. The highest BCUT2D eigenvalue weighted by Gasteiger charge is 2.33. The Labute approximate surface area is 149 Å². The Morgan fingerprint density at radius 3 is 2.92 bits per heavy atom. The summed E-state index contributed by atoms with van der Waals surface area (Å²) in [5.41, 5.74) is 2.52. The van der Waals surface area contributed by atoms with Crippen molar-refractivity contribution in [3.05, 3.63) is 47.2 Å². The Hall–Kier alpha value is -2.19. The molecular formula is C17H15N3O3S2. The van der Waals surface area contributed by atoms with Gasteiger partial charge in [0.05, 0.1) is 5.69 Å². The van der Waals surface area contributed by atoms with Crippen LogP contribution in [0.1, 0.15) is 30.2 Å². The molecule has 0 atom stereocenters. The van der Waals surface area contributed by atoms with Gasteiger partial charge in [0.15, 0.2) is 0 Å². The first-order valence-corrected chi connectivity index (χ1v) is 10.5. The molecule has 0 unspecified atom stereocenters. The summed E-state index contributed by atoms with van der Waals surface area (Å²) >= 11 is 1.19. The van der Waals surface area contributed by atoms with E-state index in [4.69, 9.17) is 4.52 Å². The molecule has 2 aromatic heterocycles. The molecule has 2 aliphatic rings. The highest BCUT2D eigenvalue weighted by atomic mass is 32.2. The first-order chi connectivity index (χ1) is 12.1. The zero-order chi connectivity index (χ0) is 17.0. The van der Waals surface area contributed by atoms with Crippen molar-refractivity contribution in [2.24, 2.45) is 0 Å². The molecule has 0 N–H and O–H groups in total. The van der Waals surface area contributed by atoms with Crippen LogP contribution in [0.2, 0.25) is 0 Å². The van der Waals surface area contributed by atoms with Crippen LogP contribution in [-0.4, -0.2) is 25.1 Å². The smallest absolute Gasteiger partial charge is 0.273 e. The largest absolute Gasteiger partial charge is 0.339 e. The van der Waals surface area contributed by atoms with E-state index in [1.807, 2.05) is 24.3 Å². The summed E-state index contributed by atoms with van der Waals surface area (Å²) in [6.07, 6.45) is 2.90. The molecule has 1 aromatic carbocycles. The second-order valence-electron chi connectivity index (χ2n) is 6.34. The maximum Gasteiger partial charge on any atom is 0.273 e. The number of aromatic nitrogens is 2. The number of nitrogens with zero attached hydrogens (tertiary/aromatic N) is 3. The zero-order valence-electron chi connectivity index (χ0n) is 13.3. The minimum atomic E-state index is -3.57. The Morgan fingerprint density at radius 1 is 1.24 bits per heavy atom. The molecule has 128 valence electrons. The van der Waals surface area contributed by atoms with Crippen molar-refractivity contribution in [1.82, 2.24) is 10.1 Å². The SMILES string of the molecule is O=S(=O)(c1cc(-c2noc(C3CC3)n2)cs1)N1CCc2ccccc21. The Kier molecular flexibility index (Phi) is 3.26. The molecule has 3 aromatic rings. The van der Waals surface area contributed by atoms with Crippen molar-refractivity contribution in [2.45, 2.75) is 29.4 Å². The molecule has 5 rings (SSSR count). The number of rotatable bonds is 4. The normalized spacial score (nSPS) is 17.0. The summed E-state index contributed by atoms with van der Waals surface area (Å²) in [6, 6.07) is 9.28. The second kappa shape index (κ2) is 5.40. The maximum atomic E-state index is 13.0. The number of thiophene rings is 1. The van der Waals surface area contributed by atoms with Crippen LogP contribution in [0.5, 0.6) is 0 Å². The standard InChI is InChI=1S/C17H15N3O3S2/c21-25(22,20-8-7-11-3-1-2-4-14(11)20)15-9-13(10-24-15)16-18-17(23-19-16)12-5-6-12/h1-4,9-10,12H,5-8H2. The summed E-state index contributed by atoms with van der Waals surface area (Å²) in [4.78, 5) is 4.39. The van der Waals surface area contributed by atoms with Crippen molar-refractivity contribution in [1.29, 1.82) is 0 Å². The zero-order valence-corrected chi connectivity index (χ0v) is 14.9. The quantitative estimate of drug-likeness (QED) is 0.700. The van der Waals surface area contributed by atoms with E-state index in [0.717, 1.165) is 30.5 Å². The molecule has 0 bridgehead atoms. The average Bonchev–Trinajstić information content (AvgIpc) is 3.08. The van der Waals surface area contributed by atoms with Crippen LogP contribution in [0.4, 0.5) is 5.69 Å². The van der Waals surface area contributed by atoms with E-state index in [1.165, 1.54) is 15.6 Å². The Bertz CT molecular complexity index is 1050. The van der Waals surface area contributed by atoms with Gasteiger partial charge in [-0.2, -0.15) is 4.98 Å². The number of hydrogen-bond donors (Lipinski definition) is 0. The molecule has 0 radical (unpaired) electrons. The molecule has 1 fully saturated rings. The van der Waals surface area contributed by atoms with Crippen LogP contribution in [-0.2, 0) is 16.4 Å². The number of fused-ring (bicyclic) bond motifs is 1. The van der Waals surface area contributed by atoms with E-state index in [0.29, 0.717) is 34.0 Å². The van der Waals surface area contributed by atoms with E-state index in [-0.39, 0.29) is 0 Å². The highest BCUT2D eigenvalue weighted by Crippen LogP contribution is 2.40. The first-order valence-electron chi connectivity index (χ1n) is 8.16. The number of hydrogen-bond acceptors (Lipinski definition) is 6. The predicted molar refractivity (Wildman–Crippen MR) is 94.3 cm³/mol. The van der Waals surface area contributed by atoms with Gasteiger partial charge in [-0.25, -0.2) is 8.42 Å². The monoisotopic (exact) mass is 373 g/mol. The second-order valence-corrected chi connectivity index (χ2v) is 9.34. The van der Waals surface area contributed by atoms with E-state index < -0.39 is 10.0 Å². The lowest BCUT2D eigenvalue weighted by Gasteiger charge is -2.18. The van der Waals surface area contributed by atoms with Crippen molar-refractivity contribution in [2.75, 3.05) is 10.8 Å². The fourth-order valence-electron chi connectivity index (χ4n) is 3.08. The van der Waals surface area contributed by atoms with Gasteiger partial charge in [0, 0.05) is 23.4 Å². The van der Waals surface area contributed by atoms with Crippen molar-refractivity contribution in [3.8, 4) is 11.4 Å². The third kappa shape index (κ3) is 2.47. The van der Waals surface area contributed by atoms with Crippen molar-refractivity contribution >= 4 is 27.0 Å². The van der Waals surface area contributed by atoms with Gasteiger partial charge in [-0.15, -0.1) is 11.3 Å². The first kappa shape index (κ1) is 15.1. The lowest BCUT2D eigenvalue weighted by molar-refractivity contribution is 0.380. The van der Waals surface area contributed by atoms with Gasteiger partial charge in [0.2, 0.25) is 11.7 Å². The Morgan fingerprint density at radius 2 is 2.08 bits per heavy atom. The lowest BCUT2D eigenvalue weighted by atomic mass is 10.2. The molecule has 3 heterocycles. The van der Waals surface area contributed by atoms with Crippen LogP contribution >= 0.6 is 11.3 Å². The van der Waals surface area contributed by atoms with Gasteiger partial charge >= 0.3 is 0 Å². The van der Waals surface area contributed by atoms with Gasteiger partial charge < -0.3 is 4.52 Å². The number of para-hydroxylation sites is 1. The average molecular weight is 373 g/mol. The molecular weight excluding hydrogens is 358 g/mol. The minimum Gasteiger partial charge on any atom is -0.339 e. The molecule has 1 aliphatic carbocycles.